The minimum atomic E-state index is -0.749. The molecule has 4 rings (SSSR count). The van der Waals surface area contributed by atoms with Gasteiger partial charge < -0.3 is 14.3 Å². The third kappa shape index (κ3) is 4.69. The largest absolute Gasteiger partial charge is 0.494 e. The van der Waals surface area contributed by atoms with E-state index in [9.17, 15) is 4.79 Å². The van der Waals surface area contributed by atoms with Crippen LogP contribution in [0.4, 0.5) is 0 Å². The van der Waals surface area contributed by atoms with Crippen molar-refractivity contribution in [3.8, 4) is 17.2 Å². The van der Waals surface area contributed by atoms with Gasteiger partial charge in [-0.05, 0) is 72.5 Å². The van der Waals surface area contributed by atoms with E-state index in [4.69, 9.17) is 25.9 Å². The third-order valence-electron chi connectivity index (χ3n) is 4.71. The number of ether oxygens (including phenoxy) is 1. The summed E-state index contributed by atoms with van der Waals surface area (Å²) in [7, 11) is 0. The summed E-state index contributed by atoms with van der Waals surface area (Å²) in [5.74, 6) is 0.618. The van der Waals surface area contributed by atoms with E-state index < -0.39 is 5.97 Å². The molecule has 1 heterocycles. The zero-order valence-corrected chi connectivity index (χ0v) is 16.5. The molecule has 0 aliphatic rings. The highest BCUT2D eigenvalue weighted by Crippen LogP contribution is 2.29. The van der Waals surface area contributed by atoms with Crippen LogP contribution in [0.2, 0.25) is 5.02 Å². The molecule has 0 saturated carbocycles. The molecule has 0 atom stereocenters. The van der Waals surface area contributed by atoms with Crippen LogP contribution in [0.15, 0.2) is 59.0 Å². The molecule has 6 heteroatoms. The Bertz CT molecular complexity index is 1170. The van der Waals surface area contributed by atoms with Gasteiger partial charge in [-0.2, -0.15) is 0 Å². The van der Waals surface area contributed by atoms with Crippen LogP contribution in [-0.4, -0.2) is 22.7 Å². The SMILES string of the molecule is O=C(O)CCCCCOc1ccc2cc(-c3nc4cc(Cl)ccc4o3)ccc2c1. The highest BCUT2D eigenvalue weighted by atomic mass is 35.5. The Morgan fingerprint density at radius 1 is 1.00 bits per heavy atom. The molecule has 0 spiro atoms. The predicted octanol–water partition coefficient (Wildman–Crippen LogP) is 6.33. The Hall–Kier alpha value is -3.05. The average molecular weight is 410 g/mol. The molecule has 0 radical (unpaired) electrons. The molecule has 0 saturated heterocycles. The third-order valence-corrected chi connectivity index (χ3v) is 4.95. The second-order valence-corrected chi connectivity index (χ2v) is 7.34. The summed E-state index contributed by atoms with van der Waals surface area (Å²) in [5.41, 5.74) is 2.34. The second-order valence-electron chi connectivity index (χ2n) is 6.91. The molecular weight excluding hydrogens is 390 g/mol. The van der Waals surface area contributed by atoms with Crippen molar-refractivity contribution in [3.63, 3.8) is 0 Å². The van der Waals surface area contributed by atoms with Gasteiger partial charge in [-0.1, -0.05) is 23.7 Å². The molecule has 0 aliphatic carbocycles. The summed E-state index contributed by atoms with van der Waals surface area (Å²) in [4.78, 5) is 15.0. The molecule has 0 unspecified atom stereocenters. The van der Waals surface area contributed by atoms with Crippen molar-refractivity contribution >= 4 is 39.4 Å². The number of carboxylic acids is 1. The monoisotopic (exact) mass is 409 g/mol. The summed E-state index contributed by atoms with van der Waals surface area (Å²) >= 11 is 6.02. The molecule has 1 aromatic heterocycles. The van der Waals surface area contributed by atoms with Crippen LogP contribution >= 0.6 is 11.6 Å². The van der Waals surface area contributed by atoms with Crippen LogP contribution in [0.1, 0.15) is 25.7 Å². The first-order valence-corrected chi connectivity index (χ1v) is 9.91. The van der Waals surface area contributed by atoms with Crippen molar-refractivity contribution < 1.29 is 19.1 Å². The van der Waals surface area contributed by atoms with Crippen LogP contribution in [0.3, 0.4) is 0 Å². The topological polar surface area (TPSA) is 72.6 Å². The number of nitrogens with zero attached hydrogens (tertiary/aromatic N) is 1. The van der Waals surface area contributed by atoms with E-state index in [0.29, 0.717) is 29.5 Å². The number of halogens is 1. The Labute approximate surface area is 172 Å². The molecule has 1 N–H and O–H groups in total. The summed E-state index contributed by atoms with van der Waals surface area (Å²) < 4.78 is 11.6. The van der Waals surface area contributed by atoms with Crippen LogP contribution in [0, 0.1) is 0 Å². The number of carboxylic acid groups (broad SMARTS) is 1. The number of aromatic nitrogens is 1. The van der Waals surface area contributed by atoms with Crippen LogP contribution < -0.4 is 4.74 Å². The molecule has 148 valence electrons. The van der Waals surface area contributed by atoms with Gasteiger partial charge >= 0.3 is 5.97 Å². The van der Waals surface area contributed by atoms with Gasteiger partial charge in [0, 0.05) is 17.0 Å². The van der Waals surface area contributed by atoms with Gasteiger partial charge in [0.05, 0.1) is 6.61 Å². The Morgan fingerprint density at radius 2 is 1.83 bits per heavy atom. The van der Waals surface area contributed by atoms with Crippen molar-refractivity contribution in [2.24, 2.45) is 0 Å². The van der Waals surface area contributed by atoms with Gasteiger partial charge in [0.2, 0.25) is 5.89 Å². The lowest BCUT2D eigenvalue weighted by molar-refractivity contribution is -0.137. The van der Waals surface area contributed by atoms with Crippen LogP contribution in [-0.2, 0) is 4.79 Å². The summed E-state index contributed by atoms with van der Waals surface area (Å²) in [6.45, 7) is 0.578. The lowest BCUT2D eigenvalue weighted by Gasteiger charge is -2.08. The zero-order chi connectivity index (χ0) is 20.2. The van der Waals surface area contributed by atoms with E-state index in [1.165, 1.54) is 0 Å². The predicted molar refractivity (Wildman–Crippen MR) is 114 cm³/mol. The Kier molecular flexibility index (Phi) is 5.67. The fraction of sp³-hybridized carbons (Fsp3) is 0.217. The van der Waals surface area contributed by atoms with E-state index >= 15 is 0 Å². The molecule has 3 aromatic carbocycles. The maximum absolute atomic E-state index is 10.5. The van der Waals surface area contributed by atoms with Gasteiger partial charge in [-0.25, -0.2) is 4.98 Å². The Balaban J connectivity index is 1.44. The lowest BCUT2D eigenvalue weighted by Crippen LogP contribution is -1.99. The van der Waals surface area contributed by atoms with Gasteiger partial charge in [0.25, 0.3) is 0 Å². The smallest absolute Gasteiger partial charge is 0.303 e. The highest BCUT2D eigenvalue weighted by molar-refractivity contribution is 6.31. The van der Waals surface area contributed by atoms with Crippen molar-refractivity contribution in [3.05, 3.63) is 59.6 Å². The van der Waals surface area contributed by atoms with Crippen LogP contribution in [0.5, 0.6) is 5.75 Å². The van der Waals surface area contributed by atoms with Gasteiger partial charge in [0.15, 0.2) is 5.58 Å². The Morgan fingerprint density at radius 3 is 2.69 bits per heavy atom. The quantitative estimate of drug-likeness (QED) is 0.344. The second kappa shape index (κ2) is 8.53. The number of oxazole rings is 1. The molecule has 0 amide bonds. The van der Waals surface area contributed by atoms with Gasteiger partial charge in [-0.15, -0.1) is 0 Å². The normalized spacial score (nSPS) is 11.2. The standard InChI is InChI=1S/C23H20ClNO4/c24-18-8-10-21-20(14-18)25-23(29-21)17-6-5-16-13-19(9-7-15(16)12-17)28-11-3-1-2-4-22(26)27/h5-10,12-14H,1-4,11H2,(H,26,27). The maximum Gasteiger partial charge on any atom is 0.303 e. The van der Waals surface area contributed by atoms with E-state index in [0.717, 1.165) is 40.4 Å². The number of hydrogen-bond donors (Lipinski definition) is 1. The number of benzene rings is 3. The molecule has 5 nitrogen and oxygen atoms in total. The van der Waals surface area contributed by atoms with E-state index in [1.807, 2.05) is 42.5 Å². The fourth-order valence-corrected chi connectivity index (χ4v) is 3.38. The average Bonchev–Trinajstić information content (AvgIpc) is 3.13. The summed E-state index contributed by atoms with van der Waals surface area (Å²) in [6, 6.07) is 17.4. The minimum Gasteiger partial charge on any atom is -0.494 e. The number of hydrogen-bond acceptors (Lipinski definition) is 4. The number of unbranched alkanes of at least 4 members (excludes halogenated alkanes) is 2. The molecule has 29 heavy (non-hydrogen) atoms. The van der Waals surface area contributed by atoms with E-state index in [-0.39, 0.29) is 6.42 Å². The summed E-state index contributed by atoms with van der Waals surface area (Å²) in [6.07, 6.45) is 2.58. The van der Waals surface area contributed by atoms with E-state index in [1.54, 1.807) is 12.1 Å². The number of rotatable bonds is 8. The number of carbonyl (C=O) groups is 1. The lowest BCUT2D eigenvalue weighted by atomic mass is 10.1. The first-order chi connectivity index (χ1) is 14.1. The van der Waals surface area contributed by atoms with Crippen molar-refractivity contribution in [2.75, 3.05) is 6.61 Å². The first kappa shape index (κ1) is 19.3. The van der Waals surface area contributed by atoms with E-state index in [2.05, 4.69) is 4.98 Å². The number of aliphatic carboxylic acids is 1. The zero-order valence-electron chi connectivity index (χ0n) is 15.7. The highest BCUT2D eigenvalue weighted by Gasteiger charge is 2.10. The van der Waals surface area contributed by atoms with Gasteiger partial charge in [0.1, 0.15) is 11.3 Å². The minimum absolute atomic E-state index is 0.214. The maximum atomic E-state index is 10.5. The molecule has 4 aromatic rings. The first-order valence-electron chi connectivity index (χ1n) is 9.53. The number of fused-ring (bicyclic) bond motifs is 2. The van der Waals surface area contributed by atoms with Gasteiger partial charge in [-0.3, -0.25) is 4.79 Å². The molecular formula is C23H20ClNO4. The van der Waals surface area contributed by atoms with Crippen molar-refractivity contribution in [1.29, 1.82) is 0 Å². The van der Waals surface area contributed by atoms with Crippen molar-refractivity contribution in [2.45, 2.75) is 25.7 Å². The molecule has 0 fully saturated rings. The van der Waals surface area contributed by atoms with Crippen molar-refractivity contribution in [1.82, 2.24) is 4.98 Å². The fourth-order valence-electron chi connectivity index (χ4n) is 3.22. The molecule has 0 aliphatic heterocycles. The van der Waals surface area contributed by atoms with Crippen LogP contribution in [0.25, 0.3) is 33.3 Å². The molecule has 0 bridgehead atoms. The summed E-state index contributed by atoms with van der Waals surface area (Å²) in [5, 5.41) is 11.4.